The van der Waals surface area contributed by atoms with Gasteiger partial charge in [0.15, 0.2) is 0 Å². The summed E-state index contributed by atoms with van der Waals surface area (Å²) in [5.74, 6) is -0.109. The molecule has 2 heterocycles. The minimum Gasteiger partial charge on any atom is -0.395 e. The summed E-state index contributed by atoms with van der Waals surface area (Å²) in [7, 11) is -3.71. The van der Waals surface area contributed by atoms with E-state index in [-0.39, 0.29) is 24.5 Å². The summed E-state index contributed by atoms with van der Waals surface area (Å²) < 4.78 is 24.5. The molecule has 4 N–H and O–H groups in total. The number of fused-ring (bicyclic) bond motifs is 1. The van der Waals surface area contributed by atoms with Gasteiger partial charge >= 0.3 is 6.03 Å². The highest BCUT2D eigenvalue weighted by atomic mass is 32.2. The van der Waals surface area contributed by atoms with Crippen LogP contribution >= 0.6 is 11.8 Å². The van der Waals surface area contributed by atoms with Crippen molar-refractivity contribution in [3.05, 3.63) is 0 Å². The standard InChI is InChI=1S/C12H21N3O5S2/c16-5-6-22(19,20)15-10(17)4-2-1-3-9-11-8(7-21-9)13-12(18)14-11/h8-9,11,16H,1-7H2,(H,15,17)(H2,13,14,18)/t8-,9-,11-/m0/s1. The predicted octanol–water partition coefficient (Wildman–Crippen LogP) is -0.849. The van der Waals surface area contributed by atoms with Crippen LogP contribution in [0.4, 0.5) is 4.79 Å². The van der Waals surface area contributed by atoms with E-state index in [1.807, 2.05) is 16.5 Å². The number of hydrogen-bond donors (Lipinski definition) is 4. The number of thioether (sulfide) groups is 1. The lowest BCUT2D eigenvalue weighted by atomic mass is 10.0. The average Bonchev–Trinajstić information content (AvgIpc) is 2.93. The van der Waals surface area contributed by atoms with Crippen molar-refractivity contribution < 1.29 is 23.1 Å². The van der Waals surface area contributed by atoms with Gasteiger partial charge in [-0.3, -0.25) is 9.52 Å². The van der Waals surface area contributed by atoms with Gasteiger partial charge in [-0.2, -0.15) is 11.8 Å². The van der Waals surface area contributed by atoms with Crippen LogP contribution in [0.5, 0.6) is 0 Å². The van der Waals surface area contributed by atoms with Crippen molar-refractivity contribution in [1.82, 2.24) is 15.4 Å². The molecule has 0 unspecified atom stereocenters. The van der Waals surface area contributed by atoms with Crippen LogP contribution in [0.15, 0.2) is 0 Å². The van der Waals surface area contributed by atoms with Crippen molar-refractivity contribution in [2.24, 2.45) is 0 Å². The van der Waals surface area contributed by atoms with Gasteiger partial charge in [-0.05, 0) is 12.8 Å². The SMILES string of the molecule is O=C(CCCC[C@@H]1SC[C@@H]2NC(=O)N[C@@H]21)NS(=O)(=O)CCO. The largest absolute Gasteiger partial charge is 0.395 e. The Balaban J connectivity index is 1.63. The molecule has 0 bridgehead atoms. The van der Waals surface area contributed by atoms with Crippen molar-refractivity contribution in [2.75, 3.05) is 18.1 Å². The van der Waals surface area contributed by atoms with E-state index in [4.69, 9.17) is 5.11 Å². The van der Waals surface area contributed by atoms with Gasteiger partial charge in [0.1, 0.15) is 0 Å². The summed E-state index contributed by atoms with van der Waals surface area (Å²) in [4.78, 5) is 22.8. The van der Waals surface area contributed by atoms with Crippen LogP contribution in [-0.4, -0.2) is 60.9 Å². The number of sulfonamides is 1. The maximum absolute atomic E-state index is 11.5. The Morgan fingerprint density at radius 1 is 1.36 bits per heavy atom. The Hall–Kier alpha value is -1.00. The molecule has 0 saturated carbocycles. The first-order chi connectivity index (χ1) is 10.4. The number of hydrogen-bond acceptors (Lipinski definition) is 6. The lowest BCUT2D eigenvalue weighted by Gasteiger charge is -2.16. The molecule has 2 aliphatic heterocycles. The van der Waals surface area contributed by atoms with Gasteiger partial charge in [0, 0.05) is 17.4 Å². The Kier molecular flexibility index (Phi) is 5.93. The zero-order valence-electron chi connectivity index (χ0n) is 12.1. The van der Waals surface area contributed by atoms with Crippen molar-refractivity contribution in [3.8, 4) is 0 Å². The molecule has 2 aliphatic rings. The van der Waals surface area contributed by atoms with E-state index >= 15 is 0 Å². The van der Waals surface area contributed by atoms with E-state index in [1.54, 1.807) is 0 Å². The molecule has 126 valence electrons. The lowest BCUT2D eigenvalue weighted by molar-refractivity contribution is -0.119. The molecule has 3 amide bonds. The quantitative estimate of drug-likeness (QED) is 0.333. The molecule has 0 spiro atoms. The Labute approximate surface area is 133 Å². The second-order valence-corrected chi connectivity index (χ2v) is 8.55. The van der Waals surface area contributed by atoms with Gasteiger partial charge in [-0.15, -0.1) is 0 Å². The number of aliphatic hydroxyl groups is 1. The smallest absolute Gasteiger partial charge is 0.315 e. The average molecular weight is 351 g/mol. The third kappa shape index (κ3) is 4.75. The molecular weight excluding hydrogens is 330 g/mol. The van der Waals surface area contributed by atoms with Crippen molar-refractivity contribution in [1.29, 1.82) is 0 Å². The summed E-state index contributed by atoms with van der Waals surface area (Å²) >= 11 is 1.81. The number of nitrogens with one attached hydrogen (secondary N) is 3. The van der Waals surface area contributed by atoms with Gasteiger partial charge in [0.05, 0.1) is 24.4 Å². The van der Waals surface area contributed by atoms with E-state index in [2.05, 4.69) is 10.6 Å². The second-order valence-electron chi connectivity index (χ2n) is 5.44. The van der Waals surface area contributed by atoms with Crippen LogP contribution in [0.2, 0.25) is 0 Å². The molecule has 0 aromatic rings. The first-order valence-electron chi connectivity index (χ1n) is 7.24. The number of unbranched alkanes of at least 4 members (excludes halogenated alkanes) is 1. The van der Waals surface area contributed by atoms with Crippen LogP contribution in [0, 0.1) is 0 Å². The number of amides is 3. The second kappa shape index (κ2) is 7.51. The molecule has 22 heavy (non-hydrogen) atoms. The van der Waals surface area contributed by atoms with Crippen LogP contribution in [0.1, 0.15) is 25.7 Å². The highest BCUT2D eigenvalue weighted by Gasteiger charge is 2.42. The zero-order chi connectivity index (χ0) is 16.2. The van der Waals surface area contributed by atoms with E-state index in [1.165, 1.54) is 0 Å². The van der Waals surface area contributed by atoms with Crippen LogP contribution in [0.25, 0.3) is 0 Å². The maximum atomic E-state index is 11.5. The normalized spacial score (nSPS) is 27.1. The summed E-state index contributed by atoms with van der Waals surface area (Å²) in [6, 6.07) is 0.222. The highest BCUT2D eigenvalue weighted by molar-refractivity contribution is 8.00. The molecular formula is C12H21N3O5S2. The number of carbonyl (C=O) groups is 2. The Bertz CT molecular complexity index is 525. The molecule has 0 aromatic carbocycles. The van der Waals surface area contributed by atoms with Crippen molar-refractivity contribution >= 4 is 33.7 Å². The molecule has 10 heteroatoms. The monoisotopic (exact) mass is 351 g/mol. The van der Waals surface area contributed by atoms with Gasteiger partial charge in [-0.25, -0.2) is 13.2 Å². The minimum atomic E-state index is -3.71. The summed E-state index contributed by atoms with van der Waals surface area (Å²) in [5.41, 5.74) is 0. The molecule has 0 aliphatic carbocycles. The van der Waals surface area contributed by atoms with E-state index in [0.29, 0.717) is 11.7 Å². The number of rotatable bonds is 8. The molecule has 2 saturated heterocycles. The highest BCUT2D eigenvalue weighted by Crippen LogP contribution is 2.33. The van der Waals surface area contributed by atoms with Gasteiger partial charge in [0.2, 0.25) is 15.9 Å². The van der Waals surface area contributed by atoms with Crippen LogP contribution in [0.3, 0.4) is 0 Å². The number of aliphatic hydroxyl groups excluding tert-OH is 1. The zero-order valence-corrected chi connectivity index (χ0v) is 13.7. The summed E-state index contributed by atoms with van der Waals surface area (Å²) in [6.45, 7) is -0.510. The fourth-order valence-corrected chi connectivity index (χ4v) is 5.00. The molecule has 0 radical (unpaired) electrons. The van der Waals surface area contributed by atoms with E-state index in [0.717, 1.165) is 18.6 Å². The molecule has 2 rings (SSSR count). The first-order valence-corrected chi connectivity index (χ1v) is 9.94. The van der Waals surface area contributed by atoms with E-state index < -0.39 is 28.3 Å². The lowest BCUT2D eigenvalue weighted by Crippen LogP contribution is -2.36. The van der Waals surface area contributed by atoms with Crippen LogP contribution < -0.4 is 15.4 Å². The molecule has 2 fully saturated rings. The first kappa shape index (κ1) is 17.4. The van der Waals surface area contributed by atoms with Gasteiger partial charge < -0.3 is 15.7 Å². The fraction of sp³-hybridized carbons (Fsp3) is 0.833. The number of carbonyl (C=O) groups excluding carboxylic acids is 2. The molecule has 3 atom stereocenters. The van der Waals surface area contributed by atoms with Gasteiger partial charge in [-0.1, -0.05) is 6.42 Å². The van der Waals surface area contributed by atoms with Crippen LogP contribution in [-0.2, 0) is 14.8 Å². The molecule has 0 aromatic heterocycles. The third-order valence-electron chi connectivity index (χ3n) is 3.71. The third-order valence-corrected chi connectivity index (χ3v) is 6.48. The number of urea groups is 1. The Morgan fingerprint density at radius 3 is 2.86 bits per heavy atom. The van der Waals surface area contributed by atoms with Gasteiger partial charge in [0.25, 0.3) is 0 Å². The van der Waals surface area contributed by atoms with Crippen molar-refractivity contribution in [2.45, 2.75) is 43.0 Å². The minimum absolute atomic E-state index is 0.117. The Morgan fingerprint density at radius 2 is 2.14 bits per heavy atom. The van der Waals surface area contributed by atoms with Crippen molar-refractivity contribution in [3.63, 3.8) is 0 Å². The summed E-state index contributed by atoms with van der Waals surface area (Å²) in [5, 5.41) is 14.7. The summed E-state index contributed by atoms with van der Waals surface area (Å²) in [6.07, 6.45) is 2.41. The maximum Gasteiger partial charge on any atom is 0.315 e. The molecule has 8 nitrogen and oxygen atoms in total. The predicted molar refractivity (Wildman–Crippen MR) is 83.0 cm³/mol. The fourth-order valence-electron chi connectivity index (χ4n) is 2.67. The topological polar surface area (TPSA) is 125 Å². The van der Waals surface area contributed by atoms with E-state index in [9.17, 15) is 18.0 Å².